The average molecular weight is 527 g/mol. The van der Waals surface area contributed by atoms with Crippen molar-refractivity contribution in [1.29, 1.82) is 0 Å². The maximum Gasteiger partial charge on any atom is 0.211 e. The molecular weight excluding hydrogens is 492 g/mol. The molecule has 0 aliphatic heterocycles. The highest BCUT2D eigenvalue weighted by atomic mass is 35.5. The van der Waals surface area contributed by atoms with E-state index in [1.54, 1.807) is 0 Å². The van der Waals surface area contributed by atoms with Gasteiger partial charge in [0.15, 0.2) is 0 Å². The van der Waals surface area contributed by atoms with Gasteiger partial charge in [0, 0.05) is 29.6 Å². The fourth-order valence-electron chi connectivity index (χ4n) is 5.02. The van der Waals surface area contributed by atoms with Crippen molar-refractivity contribution in [2.75, 3.05) is 18.9 Å². The number of hydrogen-bond donors (Lipinski definition) is 2. The van der Waals surface area contributed by atoms with Gasteiger partial charge in [-0.1, -0.05) is 79.5 Å². The predicted molar refractivity (Wildman–Crippen MR) is 147 cm³/mol. The van der Waals surface area contributed by atoms with E-state index in [0.717, 1.165) is 35.7 Å². The zero-order valence-electron chi connectivity index (χ0n) is 20.8. The van der Waals surface area contributed by atoms with Crippen LogP contribution in [0.2, 0.25) is 5.02 Å². The summed E-state index contributed by atoms with van der Waals surface area (Å²) in [6, 6.07) is 26.9. The van der Waals surface area contributed by atoms with Crippen LogP contribution >= 0.6 is 11.6 Å². The third-order valence-corrected chi connectivity index (χ3v) is 8.77. The summed E-state index contributed by atoms with van der Waals surface area (Å²) >= 11 is 6.21. The summed E-state index contributed by atoms with van der Waals surface area (Å²) in [4.78, 5) is 0. The lowest BCUT2D eigenvalue weighted by atomic mass is 9.58. The molecule has 1 aliphatic rings. The van der Waals surface area contributed by atoms with Crippen molar-refractivity contribution < 1.29 is 13.2 Å². The van der Waals surface area contributed by atoms with Crippen LogP contribution in [-0.4, -0.2) is 27.3 Å². The molecule has 0 bridgehead atoms. The standard InChI is InChI=1S/C29H35ClN2O3S/c1-2-20-36(33,34)32-18-19-35-27-11-6-10-24(21-27)28(31-22-23-8-4-3-5-9-23)29(16-7-17-29)25-12-14-26(30)15-13-25/h3-6,8-15,21,28,31-32H,2,7,16-20,22H2,1H3. The molecule has 5 nitrogen and oxygen atoms in total. The van der Waals surface area contributed by atoms with Gasteiger partial charge < -0.3 is 10.1 Å². The summed E-state index contributed by atoms with van der Waals surface area (Å²) in [7, 11) is -3.24. The van der Waals surface area contributed by atoms with Crippen LogP contribution in [0.4, 0.5) is 0 Å². The fraction of sp³-hybridized carbons (Fsp3) is 0.379. The summed E-state index contributed by atoms with van der Waals surface area (Å²) < 4.78 is 32.3. The van der Waals surface area contributed by atoms with E-state index in [9.17, 15) is 8.42 Å². The largest absolute Gasteiger partial charge is 0.492 e. The van der Waals surface area contributed by atoms with Gasteiger partial charge in [-0.05, 0) is 60.2 Å². The lowest BCUT2D eigenvalue weighted by Gasteiger charge is -2.49. The van der Waals surface area contributed by atoms with Crippen molar-refractivity contribution in [1.82, 2.24) is 10.0 Å². The van der Waals surface area contributed by atoms with Gasteiger partial charge in [0.2, 0.25) is 10.0 Å². The van der Waals surface area contributed by atoms with Gasteiger partial charge in [0.05, 0.1) is 5.75 Å². The molecule has 3 aromatic rings. The van der Waals surface area contributed by atoms with E-state index in [0.29, 0.717) is 6.42 Å². The molecule has 3 aromatic carbocycles. The lowest BCUT2D eigenvalue weighted by molar-refractivity contribution is 0.168. The Morgan fingerprint density at radius 2 is 1.75 bits per heavy atom. The normalized spacial score (nSPS) is 15.7. The summed E-state index contributed by atoms with van der Waals surface area (Å²) in [6.45, 7) is 3.13. The van der Waals surface area contributed by atoms with Crippen molar-refractivity contribution in [3.63, 3.8) is 0 Å². The van der Waals surface area contributed by atoms with Gasteiger partial charge in [-0.25, -0.2) is 13.1 Å². The highest BCUT2D eigenvalue weighted by Gasteiger charge is 2.46. The van der Waals surface area contributed by atoms with Crippen molar-refractivity contribution in [3.05, 3.63) is 101 Å². The Morgan fingerprint density at radius 3 is 2.42 bits per heavy atom. The van der Waals surface area contributed by atoms with Crippen molar-refractivity contribution in [2.45, 2.75) is 50.6 Å². The molecule has 192 valence electrons. The second-order valence-electron chi connectivity index (χ2n) is 9.45. The SMILES string of the molecule is CCCS(=O)(=O)NCCOc1cccc(C(NCc2ccccc2)C2(c3ccc(Cl)cc3)CCC2)c1. The number of sulfonamides is 1. The molecule has 7 heteroatoms. The lowest BCUT2D eigenvalue weighted by Crippen LogP contribution is -2.46. The van der Waals surface area contributed by atoms with Crippen molar-refractivity contribution >= 4 is 21.6 Å². The van der Waals surface area contributed by atoms with Gasteiger partial charge in [-0.2, -0.15) is 0 Å². The van der Waals surface area contributed by atoms with Crippen LogP contribution in [-0.2, 0) is 22.0 Å². The minimum absolute atomic E-state index is 0.0339. The summed E-state index contributed by atoms with van der Waals surface area (Å²) in [5, 5.41) is 4.60. The van der Waals surface area contributed by atoms with Crippen LogP contribution in [0.5, 0.6) is 5.75 Å². The Hall–Kier alpha value is -2.38. The number of rotatable bonds is 13. The third kappa shape index (κ3) is 6.68. The van der Waals surface area contributed by atoms with Crippen LogP contribution < -0.4 is 14.8 Å². The molecular formula is C29H35ClN2O3S. The van der Waals surface area contributed by atoms with Gasteiger partial charge in [-0.3, -0.25) is 0 Å². The van der Waals surface area contributed by atoms with Crippen LogP contribution in [0.1, 0.15) is 55.3 Å². The Balaban J connectivity index is 1.55. The second-order valence-corrected chi connectivity index (χ2v) is 11.8. The molecule has 36 heavy (non-hydrogen) atoms. The number of ether oxygens (including phenoxy) is 1. The number of hydrogen-bond acceptors (Lipinski definition) is 4. The molecule has 0 radical (unpaired) electrons. The van der Waals surface area contributed by atoms with E-state index in [1.807, 2.05) is 37.3 Å². The van der Waals surface area contributed by atoms with E-state index >= 15 is 0 Å². The number of benzene rings is 3. The first-order valence-corrected chi connectivity index (χ1v) is 14.7. The molecule has 0 saturated heterocycles. The quantitative estimate of drug-likeness (QED) is 0.268. The molecule has 1 saturated carbocycles. The molecule has 4 rings (SSSR count). The van der Waals surface area contributed by atoms with Crippen LogP contribution in [0.15, 0.2) is 78.9 Å². The smallest absolute Gasteiger partial charge is 0.211 e. The Morgan fingerprint density at radius 1 is 1.00 bits per heavy atom. The topological polar surface area (TPSA) is 67.4 Å². The molecule has 1 fully saturated rings. The van der Waals surface area contributed by atoms with Gasteiger partial charge >= 0.3 is 0 Å². The molecule has 0 heterocycles. The molecule has 1 unspecified atom stereocenters. The van der Waals surface area contributed by atoms with E-state index in [1.165, 1.54) is 17.5 Å². The van der Waals surface area contributed by atoms with Gasteiger partial charge in [0.25, 0.3) is 0 Å². The van der Waals surface area contributed by atoms with Crippen molar-refractivity contribution in [3.8, 4) is 5.75 Å². The highest BCUT2D eigenvalue weighted by molar-refractivity contribution is 7.89. The number of nitrogens with one attached hydrogen (secondary N) is 2. The molecule has 0 spiro atoms. The van der Waals surface area contributed by atoms with Crippen LogP contribution in [0.3, 0.4) is 0 Å². The summed E-state index contributed by atoms with van der Waals surface area (Å²) in [5.41, 5.74) is 3.65. The zero-order valence-corrected chi connectivity index (χ0v) is 22.3. The minimum atomic E-state index is -3.24. The molecule has 2 N–H and O–H groups in total. The van der Waals surface area contributed by atoms with Gasteiger partial charge in [-0.15, -0.1) is 0 Å². The predicted octanol–water partition coefficient (Wildman–Crippen LogP) is 6.00. The second kappa shape index (κ2) is 12.2. The third-order valence-electron chi connectivity index (χ3n) is 6.93. The molecule has 1 atom stereocenters. The maximum absolute atomic E-state index is 11.9. The van der Waals surface area contributed by atoms with E-state index < -0.39 is 10.0 Å². The maximum atomic E-state index is 11.9. The first-order valence-electron chi connectivity index (χ1n) is 12.7. The Bertz CT molecular complexity index is 1210. The highest BCUT2D eigenvalue weighted by Crippen LogP contribution is 2.52. The zero-order chi connectivity index (χ0) is 25.4. The Kier molecular flexibility index (Phi) is 9.07. The van der Waals surface area contributed by atoms with E-state index in [4.69, 9.17) is 16.3 Å². The summed E-state index contributed by atoms with van der Waals surface area (Å²) in [5.74, 6) is 0.864. The van der Waals surface area contributed by atoms with Crippen LogP contribution in [0, 0.1) is 0 Å². The number of halogens is 1. The van der Waals surface area contributed by atoms with Crippen molar-refractivity contribution in [2.24, 2.45) is 0 Å². The molecule has 0 aromatic heterocycles. The monoisotopic (exact) mass is 526 g/mol. The van der Waals surface area contributed by atoms with Crippen LogP contribution in [0.25, 0.3) is 0 Å². The minimum Gasteiger partial charge on any atom is -0.492 e. The fourth-order valence-corrected chi connectivity index (χ4v) is 6.22. The van der Waals surface area contributed by atoms with E-state index in [-0.39, 0.29) is 30.4 Å². The Labute approximate surface area is 220 Å². The summed E-state index contributed by atoms with van der Waals surface area (Å²) in [6.07, 6.45) is 3.95. The molecule has 0 amide bonds. The average Bonchev–Trinajstić information content (AvgIpc) is 2.85. The molecule has 1 aliphatic carbocycles. The van der Waals surface area contributed by atoms with E-state index in [2.05, 4.69) is 58.6 Å². The van der Waals surface area contributed by atoms with Gasteiger partial charge in [0.1, 0.15) is 12.4 Å². The first kappa shape index (κ1) is 26.7. The first-order chi connectivity index (χ1) is 17.4.